The van der Waals surface area contributed by atoms with Crippen LogP contribution in [0.1, 0.15) is 65.2 Å². The van der Waals surface area contributed by atoms with Crippen molar-refractivity contribution < 1.29 is 9.90 Å². The molecular formula is C21H29N3O2. The Hall–Kier alpha value is -1.41. The number of carbonyl (C=O) groups is 1. The van der Waals surface area contributed by atoms with Gasteiger partial charge in [0.25, 0.3) is 0 Å². The number of hydrogen-bond donors (Lipinski definition) is 1. The van der Waals surface area contributed by atoms with E-state index in [1.54, 1.807) is 0 Å². The predicted octanol–water partition coefficient (Wildman–Crippen LogP) is 2.68. The lowest BCUT2D eigenvalue weighted by Crippen LogP contribution is -2.62. The highest BCUT2D eigenvalue weighted by Gasteiger charge is 2.63. The van der Waals surface area contributed by atoms with Gasteiger partial charge in [0, 0.05) is 17.2 Å². The quantitative estimate of drug-likeness (QED) is 0.791. The summed E-state index contributed by atoms with van der Waals surface area (Å²) >= 11 is 0. The first-order valence-electron chi connectivity index (χ1n) is 10.3. The van der Waals surface area contributed by atoms with Crippen molar-refractivity contribution in [2.24, 2.45) is 28.2 Å². The molecule has 1 amide bonds. The first kappa shape index (κ1) is 16.7. The summed E-state index contributed by atoms with van der Waals surface area (Å²) in [6.07, 6.45) is 7.61. The minimum Gasteiger partial charge on any atom is -0.390 e. The highest BCUT2D eigenvalue weighted by molar-refractivity contribution is 5.89. The van der Waals surface area contributed by atoms with Crippen LogP contribution >= 0.6 is 0 Å². The van der Waals surface area contributed by atoms with E-state index >= 15 is 0 Å². The molecule has 1 aliphatic heterocycles. The van der Waals surface area contributed by atoms with Crippen LogP contribution in [0.25, 0.3) is 0 Å². The molecule has 140 valence electrons. The van der Waals surface area contributed by atoms with E-state index in [2.05, 4.69) is 6.07 Å². The van der Waals surface area contributed by atoms with Crippen LogP contribution in [0.4, 0.5) is 0 Å². The summed E-state index contributed by atoms with van der Waals surface area (Å²) in [7, 11) is 0. The zero-order chi connectivity index (χ0) is 18.3. The molecule has 0 aromatic heterocycles. The van der Waals surface area contributed by atoms with E-state index in [1.165, 1.54) is 6.42 Å². The van der Waals surface area contributed by atoms with Gasteiger partial charge in [-0.1, -0.05) is 0 Å². The largest absolute Gasteiger partial charge is 0.390 e. The third-order valence-corrected chi connectivity index (χ3v) is 7.78. The summed E-state index contributed by atoms with van der Waals surface area (Å²) in [4.78, 5) is 20.4. The van der Waals surface area contributed by atoms with Gasteiger partial charge >= 0.3 is 0 Å². The van der Waals surface area contributed by atoms with Gasteiger partial charge in [0.15, 0.2) is 0 Å². The Labute approximate surface area is 155 Å². The Kier molecular flexibility index (Phi) is 3.42. The van der Waals surface area contributed by atoms with Gasteiger partial charge in [-0.2, -0.15) is 5.26 Å². The maximum Gasteiger partial charge on any atom is 0.249 e. The number of hydrogen-bond acceptors (Lipinski definition) is 4. The third-order valence-electron chi connectivity index (χ3n) is 7.78. The SMILES string of the molecule is CC(C)=N[C@H](C(=O)N1[C@H](C#N)C[C@@H]2C[C@@H]21)C12CC3CC(CC(O)(C3)C1)C2. The smallest absolute Gasteiger partial charge is 0.249 e. The topological polar surface area (TPSA) is 76.7 Å². The third kappa shape index (κ3) is 2.37. The molecule has 5 heteroatoms. The standard InChI is InChI=1S/C21H29N3O2/c1-12(2)23-18(19(25)24-16(10-22)4-15-5-17(15)24)20-6-13-3-14(7-20)9-21(26,8-13)11-20/h13-18,26H,3-9,11H2,1-2H3/t13?,14?,15-,16+,17+,18-,20?,21?/m1/s1. The van der Waals surface area contributed by atoms with E-state index in [-0.39, 0.29) is 23.4 Å². The number of rotatable bonds is 3. The molecule has 26 heavy (non-hydrogen) atoms. The second-order valence-corrected chi connectivity index (χ2v) is 10.2. The molecule has 2 unspecified atom stereocenters. The molecule has 1 heterocycles. The summed E-state index contributed by atoms with van der Waals surface area (Å²) in [6.45, 7) is 3.92. The first-order valence-corrected chi connectivity index (χ1v) is 10.3. The van der Waals surface area contributed by atoms with E-state index < -0.39 is 11.6 Å². The van der Waals surface area contributed by atoms with Crippen molar-refractivity contribution in [2.75, 3.05) is 0 Å². The zero-order valence-electron chi connectivity index (χ0n) is 15.8. The predicted molar refractivity (Wildman–Crippen MR) is 97.4 cm³/mol. The molecule has 5 saturated carbocycles. The summed E-state index contributed by atoms with van der Waals surface area (Å²) < 4.78 is 0. The molecule has 5 nitrogen and oxygen atoms in total. The van der Waals surface area contributed by atoms with Gasteiger partial charge in [-0.05, 0) is 83.0 Å². The number of nitriles is 1. The van der Waals surface area contributed by atoms with Crippen molar-refractivity contribution in [3.8, 4) is 6.07 Å². The fraction of sp³-hybridized carbons (Fsp3) is 0.857. The van der Waals surface area contributed by atoms with Gasteiger partial charge in [-0.3, -0.25) is 9.79 Å². The van der Waals surface area contributed by atoms with Crippen molar-refractivity contribution in [3.63, 3.8) is 0 Å². The molecule has 6 aliphatic rings. The summed E-state index contributed by atoms with van der Waals surface area (Å²) in [5, 5.41) is 20.7. The number of nitrogens with zero attached hydrogens (tertiary/aromatic N) is 3. The fourth-order valence-electron chi connectivity index (χ4n) is 7.35. The molecule has 0 spiro atoms. The van der Waals surface area contributed by atoms with Crippen LogP contribution in [0.3, 0.4) is 0 Å². The van der Waals surface area contributed by atoms with Crippen LogP contribution in [-0.2, 0) is 4.79 Å². The molecule has 1 saturated heterocycles. The molecule has 0 aromatic carbocycles. The van der Waals surface area contributed by atoms with E-state index in [0.29, 0.717) is 24.2 Å². The van der Waals surface area contributed by atoms with Crippen molar-refractivity contribution in [1.29, 1.82) is 5.26 Å². The molecule has 1 N–H and O–H groups in total. The Morgan fingerprint density at radius 3 is 2.46 bits per heavy atom. The number of amides is 1. The maximum absolute atomic E-state index is 13.7. The van der Waals surface area contributed by atoms with Crippen LogP contribution < -0.4 is 0 Å². The van der Waals surface area contributed by atoms with Crippen LogP contribution in [0.5, 0.6) is 0 Å². The van der Waals surface area contributed by atoms with Gasteiger partial charge in [0.1, 0.15) is 12.1 Å². The van der Waals surface area contributed by atoms with Gasteiger partial charge in [0.2, 0.25) is 5.91 Å². The van der Waals surface area contributed by atoms with Crippen LogP contribution in [-0.4, -0.2) is 45.4 Å². The molecule has 0 aromatic rings. The lowest BCUT2D eigenvalue weighted by Gasteiger charge is -2.61. The van der Waals surface area contributed by atoms with Gasteiger partial charge in [-0.15, -0.1) is 0 Å². The molecule has 0 radical (unpaired) electrons. The minimum atomic E-state index is -0.596. The second-order valence-electron chi connectivity index (χ2n) is 10.2. The Balaban J connectivity index is 1.52. The number of carbonyl (C=O) groups excluding carboxylic acids is 1. The monoisotopic (exact) mass is 355 g/mol. The molecule has 6 rings (SSSR count). The lowest BCUT2D eigenvalue weighted by atomic mass is 9.46. The van der Waals surface area contributed by atoms with Crippen molar-refractivity contribution >= 4 is 11.6 Å². The average Bonchev–Trinajstić information content (AvgIpc) is 3.19. The zero-order valence-corrected chi connectivity index (χ0v) is 15.8. The normalized spacial score (nSPS) is 48.7. The van der Waals surface area contributed by atoms with E-state index in [9.17, 15) is 15.2 Å². The van der Waals surface area contributed by atoms with E-state index in [4.69, 9.17) is 4.99 Å². The highest BCUT2D eigenvalue weighted by Crippen LogP contribution is 2.64. The summed E-state index contributed by atoms with van der Waals surface area (Å²) in [5.74, 6) is 1.65. The number of aliphatic imine (C=N–C) groups is 1. The summed E-state index contributed by atoms with van der Waals surface area (Å²) in [6, 6.07) is 1.92. The Morgan fingerprint density at radius 1 is 1.19 bits per heavy atom. The van der Waals surface area contributed by atoms with Crippen molar-refractivity contribution in [1.82, 2.24) is 4.90 Å². The summed E-state index contributed by atoms with van der Waals surface area (Å²) in [5.41, 5.74) is 0.118. The number of likely N-dealkylation sites (tertiary alicyclic amines) is 1. The van der Waals surface area contributed by atoms with E-state index in [0.717, 1.165) is 44.2 Å². The molecular weight excluding hydrogens is 326 g/mol. The van der Waals surface area contributed by atoms with Crippen LogP contribution in [0, 0.1) is 34.5 Å². The first-order chi connectivity index (χ1) is 12.3. The van der Waals surface area contributed by atoms with Crippen molar-refractivity contribution in [3.05, 3.63) is 0 Å². The Bertz CT molecular complexity index is 705. The highest BCUT2D eigenvalue weighted by atomic mass is 16.3. The maximum atomic E-state index is 13.7. The molecule has 5 aliphatic carbocycles. The number of aliphatic hydroxyl groups is 1. The number of piperidine rings is 1. The number of fused-ring (bicyclic) bond motifs is 1. The van der Waals surface area contributed by atoms with Gasteiger partial charge in [0.05, 0.1) is 11.7 Å². The molecule has 4 bridgehead atoms. The van der Waals surface area contributed by atoms with E-state index in [1.807, 2.05) is 18.7 Å². The van der Waals surface area contributed by atoms with Crippen LogP contribution in [0.15, 0.2) is 4.99 Å². The van der Waals surface area contributed by atoms with Crippen molar-refractivity contribution in [2.45, 2.75) is 88.9 Å². The minimum absolute atomic E-state index is 0.0632. The molecule has 6 atom stereocenters. The molecule has 6 fully saturated rings. The fourth-order valence-corrected chi connectivity index (χ4v) is 7.35. The average molecular weight is 355 g/mol. The van der Waals surface area contributed by atoms with Gasteiger partial charge < -0.3 is 10.0 Å². The Morgan fingerprint density at radius 2 is 1.88 bits per heavy atom. The van der Waals surface area contributed by atoms with Gasteiger partial charge in [-0.25, -0.2) is 0 Å². The lowest BCUT2D eigenvalue weighted by molar-refractivity contribution is -0.177. The second kappa shape index (κ2) is 5.32. The van der Waals surface area contributed by atoms with Crippen LogP contribution in [0.2, 0.25) is 0 Å².